The van der Waals surface area contributed by atoms with Gasteiger partial charge in [-0.2, -0.15) is 0 Å². The van der Waals surface area contributed by atoms with Gasteiger partial charge in [-0.1, -0.05) is 18.6 Å². The molecule has 0 atom stereocenters. The molecule has 3 rings (SSSR count). The summed E-state index contributed by atoms with van der Waals surface area (Å²) in [5.41, 5.74) is 0.819. The molecule has 0 aromatic heterocycles. The van der Waals surface area contributed by atoms with Gasteiger partial charge in [0.15, 0.2) is 0 Å². The third-order valence-corrected chi connectivity index (χ3v) is 4.67. The van der Waals surface area contributed by atoms with Gasteiger partial charge in [0.1, 0.15) is 5.82 Å². The van der Waals surface area contributed by atoms with Gasteiger partial charge in [0.25, 0.3) is 0 Å². The van der Waals surface area contributed by atoms with E-state index in [1.807, 2.05) is 4.90 Å². The van der Waals surface area contributed by atoms with Crippen molar-refractivity contribution in [3.05, 3.63) is 35.6 Å². The van der Waals surface area contributed by atoms with Gasteiger partial charge in [0.2, 0.25) is 11.8 Å². The highest BCUT2D eigenvalue weighted by atomic mass is 19.1. The summed E-state index contributed by atoms with van der Waals surface area (Å²) in [6.45, 7) is 2.45. The lowest BCUT2D eigenvalue weighted by Gasteiger charge is -2.38. The van der Waals surface area contributed by atoms with Crippen molar-refractivity contribution in [2.24, 2.45) is 5.92 Å². The van der Waals surface area contributed by atoms with Crippen molar-refractivity contribution >= 4 is 11.8 Å². The second-order valence-electron chi connectivity index (χ2n) is 6.14. The van der Waals surface area contributed by atoms with E-state index < -0.39 is 0 Å². The van der Waals surface area contributed by atoms with E-state index in [0.29, 0.717) is 26.2 Å². The SMILES string of the molecule is O=C(Cc1ccc(F)cc1)N1CCN(C(=O)C2CCC2)CC1. The topological polar surface area (TPSA) is 40.6 Å². The summed E-state index contributed by atoms with van der Waals surface area (Å²) in [7, 11) is 0. The molecule has 22 heavy (non-hydrogen) atoms. The summed E-state index contributed by atoms with van der Waals surface area (Å²) < 4.78 is 12.9. The Labute approximate surface area is 129 Å². The number of hydrogen-bond acceptors (Lipinski definition) is 2. The first-order valence-electron chi connectivity index (χ1n) is 7.94. The smallest absolute Gasteiger partial charge is 0.227 e. The van der Waals surface area contributed by atoms with Crippen molar-refractivity contribution in [2.45, 2.75) is 25.7 Å². The summed E-state index contributed by atoms with van der Waals surface area (Å²) in [4.78, 5) is 28.1. The molecule has 1 aromatic carbocycles. The Hall–Kier alpha value is -1.91. The Morgan fingerprint density at radius 2 is 1.59 bits per heavy atom. The molecule has 0 unspecified atom stereocenters. The van der Waals surface area contributed by atoms with E-state index in [1.165, 1.54) is 12.1 Å². The molecule has 1 aromatic rings. The largest absolute Gasteiger partial charge is 0.339 e. The van der Waals surface area contributed by atoms with E-state index >= 15 is 0 Å². The maximum Gasteiger partial charge on any atom is 0.227 e. The lowest BCUT2D eigenvalue weighted by molar-refractivity contribution is -0.143. The minimum Gasteiger partial charge on any atom is -0.339 e. The van der Waals surface area contributed by atoms with Gasteiger partial charge >= 0.3 is 0 Å². The van der Waals surface area contributed by atoms with E-state index in [2.05, 4.69) is 0 Å². The third-order valence-electron chi connectivity index (χ3n) is 4.67. The fourth-order valence-electron chi connectivity index (χ4n) is 2.98. The van der Waals surface area contributed by atoms with Crippen LogP contribution in [0.15, 0.2) is 24.3 Å². The number of carbonyl (C=O) groups is 2. The molecule has 0 spiro atoms. The third kappa shape index (κ3) is 3.29. The fourth-order valence-corrected chi connectivity index (χ4v) is 2.98. The van der Waals surface area contributed by atoms with Crippen LogP contribution >= 0.6 is 0 Å². The molecular weight excluding hydrogens is 283 g/mol. The molecule has 0 bridgehead atoms. The van der Waals surface area contributed by atoms with Crippen molar-refractivity contribution in [3.8, 4) is 0 Å². The predicted octanol–water partition coefficient (Wildman–Crippen LogP) is 1.84. The van der Waals surface area contributed by atoms with Crippen molar-refractivity contribution in [1.82, 2.24) is 9.80 Å². The van der Waals surface area contributed by atoms with E-state index in [0.717, 1.165) is 24.8 Å². The molecule has 0 radical (unpaired) electrons. The van der Waals surface area contributed by atoms with E-state index in [-0.39, 0.29) is 30.0 Å². The quantitative estimate of drug-likeness (QED) is 0.855. The Kier molecular flexibility index (Phi) is 4.41. The first-order chi connectivity index (χ1) is 10.6. The molecule has 1 saturated carbocycles. The maximum absolute atomic E-state index is 12.9. The van der Waals surface area contributed by atoms with Crippen molar-refractivity contribution in [2.75, 3.05) is 26.2 Å². The average molecular weight is 304 g/mol. The van der Waals surface area contributed by atoms with Crippen molar-refractivity contribution in [1.29, 1.82) is 0 Å². The van der Waals surface area contributed by atoms with Gasteiger partial charge in [0, 0.05) is 32.1 Å². The van der Waals surface area contributed by atoms with Gasteiger partial charge in [-0.05, 0) is 30.5 Å². The summed E-state index contributed by atoms with van der Waals surface area (Å²) in [6.07, 6.45) is 3.48. The molecule has 118 valence electrons. The highest BCUT2D eigenvalue weighted by Gasteiger charge is 2.31. The highest BCUT2D eigenvalue weighted by molar-refractivity contribution is 5.81. The molecule has 1 aliphatic carbocycles. The first-order valence-corrected chi connectivity index (χ1v) is 7.94. The lowest BCUT2D eigenvalue weighted by Crippen LogP contribution is -2.52. The number of benzene rings is 1. The number of halogens is 1. The van der Waals surface area contributed by atoms with Crippen molar-refractivity contribution < 1.29 is 14.0 Å². The second-order valence-corrected chi connectivity index (χ2v) is 6.14. The molecule has 5 heteroatoms. The molecule has 2 aliphatic rings. The lowest BCUT2D eigenvalue weighted by atomic mass is 9.84. The minimum atomic E-state index is -0.292. The van der Waals surface area contributed by atoms with E-state index in [9.17, 15) is 14.0 Å². The van der Waals surface area contributed by atoms with Gasteiger partial charge in [-0.15, -0.1) is 0 Å². The summed E-state index contributed by atoms with van der Waals surface area (Å²) in [6, 6.07) is 6.03. The zero-order valence-electron chi connectivity index (χ0n) is 12.6. The van der Waals surface area contributed by atoms with Crippen LogP contribution in [-0.2, 0) is 16.0 Å². The van der Waals surface area contributed by atoms with Crippen LogP contribution in [-0.4, -0.2) is 47.8 Å². The Bertz CT molecular complexity index is 546. The standard InChI is InChI=1S/C17H21FN2O2/c18-15-6-4-13(5-7-15)12-16(21)19-8-10-20(11-9-19)17(22)14-2-1-3-14/h4-7,14H,1-3,8-12H2. The van der Waals surface area contributed by atoms with Crippen LogP contribution < -0.4 is 0 Å². The van der Waals surface area contributed by atoms with Gasteiger partial charge < -0.3 is 9.80 Å². The molecule has 1 aliphatic heterocycles. The van der Waals surface area contributed by atoms with Gasteiger partial charge in [0.05, 0.1) is 6.42 Å². The van der Waals surface area contributed by atoms with Crippen LogP contribution in [0, 0.1) is 11.7 Å². The summed E-state index contributed by atoms with van der Waals surface area (Å²) >= 11 is 0. The van der Waals surface area contributed by atoms with Crippen LogP contribution in [0.2, 0.25) is 0 Å². The maximum atomic E-state index is 12.9. The van der Waals surface area contributed by atoms with Gasteiger partial charge in [-0.25, -0.2) is 4.39 Å². The summed E-state index contributed by atoms with van der Waals surface area (Å²) in [5.74, 6) is 0.236. The summed E-state index contributed by atoms with van der Waals surface area (Å²) in [5, 5.41) is 0. The number of nitrogens with zero attached hydrogens (tertiary/aromatic N) is 2. The molecular formula is C17H21FN2O2. The minimum absolute atomic E-state index is 0.0438. The Balaban J connectivity index is 1.49. The first kappa shape index (κ1) is 15.0. The molecule has 1 heterocycles. The molecule has 1 saturated heterocycles. The average Bonchev–Trinajstić information content (AvgIpc) is 2.48. The van der Waals surface area contributed by atoms with Crippen LogP contribution in [0.5, 0.6) is 0 Å². The normalized spacial score (nSPS) is 19.0. The molecule has 4 nitrogen and oxygen atoms in total. The zero-order valence-corrected chi connectivity index (χ0v) is 12.6. The molecule has 0 N–H and O–H groups in total. The predicted molar refractivity (Wildman–Crippen MR) is 80.6 cm³/mol. The number of amides is 2. The van der Waals surface area contributed by atoms with Crippen LogP contribution in [0.3, 0.4) is 0 Å². The Morgan fingerprint density at radius 3 is 2.14 bits per heavy atom. The van der Waals surface area contributed by atoms with Crippen LogP contribution in [0.1, 0.15) is 24.8 Å². The Morgan fingerprint density at radius 1 is 1.00 bits per heavy atom. The van der Waals surface area contributed by atoms with Crippen LogP contribution in [0.4, 0.5) is 4.39 Å². The van der Waals surface area contributed by atoms with E-state index in [4.69, 9.17) is 0 Å². The fraction of sp³-hybridized carbons (Fsp3) is 0.529. The second kappa shape index (κ2) is 6.46. The highest BCUT2D eigenvalue weighted by Crippen LogP contribution is 2.28. The number of carbonyl (C=O) groups excluding carboxylic acids is 2. The van der Waals surface area contributed by atoms with Gasteiger partial charge in [-0.3, -0.25) is 9.59 Å². The molecule has 2 amide bonds. The van der Waals surface area contributed by atoms with E-state index in [1.54, 1.807) is 17.0 Å². The monoisotopic (exact) mass is 304 g/mol. The van der Waals surface area contributed by atoms with Crippen LogP contribution in [0.25, 0.3) is 0 Å². The zero-order chi connectivity index (χ0) is 15.5. The number of hydrogen-bond donors (Lipinski definition) is 0. The van der Waals surface area contributed by atoms with Crippen molar-refractivity contribution in [3.63, 3.8) is 0 Å². The number of rotatable bonds is 3. The number of piperazine rings is 1. The molecule has 2 fully saturated rings.